The van der Waals surface area contributed by atoms with E-state index in [0.717, 1.165) is 28.3 Å². The molecule has 0 radical (unpaired) electrons. The molecule has 0 atom stereocenters. The molecule has 3 rings (SSSR count). The number of nitrogens with zero attached hydrogens (tertiary/aromatic N) is 1. The van der Waals surface area contributed by atoms with Crippen molar-refractivity contribution in [1.29, 1.82) is 0 Å². The first-order chi connectivity index (χ1) is 13.2. The van der Waals surface area contributed by atoms with Crippen LogP contribution >= 0.6 is 0 Å². The number of nitrogens with one attached hydrogen (secondary N) is 1. The van der Waals surface area contributed by atoms with Crippen molar-refractivity contribution in [3.63, 3.8) is 0 Å². The van der Waals surface area contributed by atoms with Crippen molar-refractivity contribution >= 4 is 32.6 Å². The molecule has 0 saturated carbocycles. The molecule has 0 aliphatic carbocycles. The van der Waals surface area contributed by atoms with E-state index in [1.54, 1.807) is 25.1 Å². The van der Waals surface area contributed by atoms with Gasteiger partial charge in [0.05, 0.1) is 29.6 Å². The van der Waals surface area contributed by atoms with E-state index in [-0.39, 0.29) is 12.0 Å². The Hall–Kier alpha value is -2.80. The van der Waals surface area contributed by atoms with Crippen molar-refractivity contribution in [2.75, 3.05) is 17.6 Å². The second-order valence-corrected chi connectivity index (χ2v) is 8.70. The first kappa shape index (κ1) is 19.9. The summed E-state index contributed by atoms with van der Waals surface area (Å²) in [6.07, 6.45) is 3.19. The lowest BCUT2D eigenvalue weighted by Gasteiger charge is -2.10. The number of benzene rings is 2. The van der Waals surface area contributed by atoms with Crippen LogP contribution in [0.25, 0.3) is 22.0 Å². The van der Waals surface area contributed by atoms with Crippen LogP contribution in [-0.4, -0.2) is 31.8 Å². The normalized spacial score (nSPS) is 11.8. The Morgan fingerprint density at radius 3 is 2.39 bits per heavy atom. The van der Waals surface area contributed by atoms with E-state index in [9.17, 15) is 13.2 Å². The molecule has 1 N–H and O–H groups in total. The number of carbonyl (C=O) groups excluding carboxylic acids is 1. The van der Waals surface area contributed by atoms with Crippen LogP contribution in [0.2, 0.25) is 0 Å². The maximum Gasteiger partial charge on any atom is 0.338 e. The molecule has 28 heavy (non-hydrogen) atoms. The van der Waals surface area contributed by atoms with E-state index >= 15 is 0 Å². The van der Waals surface area contributed by atoms with Gasteiger partial charge in [0, 0.05) is 23.2 Å². The zero-order valence-electron chi connectivity index (χ0n) is 16.4. The van der Waals surface area contributed by atoms with E-state index in [4.69, 9.17) is 4.74 Å². The number of fused-ring (bicyclic) bond motifs is 1. The van der Waals surface area contributed by atoms with Crippen molar-refractivity contribution in [3.8, 4) is 11.1 Å². The van der Waals surface area contributed by atoms with Crippen molar-refractivity contribution in [2.24, 2.45) is 0 Å². The molecule has 0 amide bonds. The van der Waals surface area contributed by atoms with Crippen molar-refractivity contribution in [3.05, 3.63) is 54.2 Å². The lowest BCUT2D eigenvalue weighted by atomic mass is 10.0. The van der Waals surface area contributed by atoms with Gasteiger partial charge in [-0.1, -0.05) is 18.2 Å². The fourth-order valence-corrected chi connectivity index (χ4v) is 3.74. The molecule has 6 nitrogen and oxygen atoms in total. The molecule has 1 aromatic heterocycles. The second kappa shape index (κ2) is 7.67. The van der Waals surface area contributed by atoms with Crippen LogP contribution in [0.3, 0.4) is 0 Å². The van der Waals surface area contributed by atoms with E-state index in [0.29, 0.717) is 17.9 Å². The molecular formula is C21H24N2O4S. The third-order valence-electron chi connectivity index (χ3n) is 4.40. The summed E-state index contributed by atoms with van der Waals surface area (Å²) >= 11 is 0. The van der Waals surface area contributed by atoms with Gasteiger partial charge in [-0.15, -0.1) is 0 Å². The van der Waals surface area contributed by atoms with Gasteiger partial charge in [0.2, 0.25) is 10.0 Å². The summed E-state index contributed by atoms with van der Waals surface area (Å²) in [6, 6.07) is 13.0. The Labute approximate surface area is 165 Å². The quantitative estimate of drug-likeness (QED) is 0.621. The summed E-state index contributed by atoms with van der Waals surface area (Å²) in [6.45, 7) is 6.26. The molecule has 0 unspecified atom stereocenters. The molecule has 2 aromatic carbocycles. The summed E-state index contributed by atoms with van der Waals surface area (Å²) in [5.74, 6) is -0.338. The highest BCUT2D eigenvalue weighted by Crippen LogP contribution is 2.34. The van der Waals surface area contributed by atoms with Crippen molar-refractivity contribution in [2.45, 2.75) is 26.8 Å². The zero-order chi connectivity index (χ0) is 20.5. The highest BCUT2D eigenvalue weighted by Gasteiger charge is 2.15. The maximum absolute atomic E-state index is 11.9. The maximum atomic E-state index is 11.9. The molecule has 0 aliphatic heterocycles. The molecule has 1 heterocycles. The van der Waals surface area contributed by atoms with E-state index in [2.05, 4.69) is 29.3 Å². The number of esters is 1. The minimum atomic E-state index is -3.35. The smallest absolute Gasteiger partial charge is 0.338 e. The van der Waals surface area contributed by atoms with Crippen LogP contribution in [0, 0.1) is 0 Å². The van der Waals surface area contributed by atoms with Gasteiger partial charge in [-0.05, 0) is 50.6 Å². The van der Waals surface area contributed by atoms with Crippen LogP contribution in [-0.2, 0) is 14.8 Å². The minimum Gasteiger partial charge on any atom is -0.462 e. The van der Waals surface area contributed by atoms with Gasteiger partial charge >= 0.3 is 5.97 Å². The third-order valence-corrected chi connectivity index (χ3v) is 5.01. The summed E-state index contributed by atoms with van der Waals surface area (Å²) in [7, 11) is -3.35. The summed E-state index contributed by atoms with van der Waals surface area (Å²) in [4.78, 5) is 11.9. The lowest BCUT2D eigenvalue weighted by Crippen LogP contribution is -2.09. The highest BCUT2D eigenvalue weighted by atomic mass is 32.2. The highest BCUT2D eigenvalue weighted by molar-refractivity contribution is 7.92. The van der Waals surface area contributed by atoms with Crippen LogP contribution in [0.4, 0.5) is 5.69 Å². The SMILES string of the molecule is CCOC(=O)c1ccc(-c2cn(C(C)C)c3cc(NS(C)(=O)=O)ccc23)cc1. The fourth-order valence-electron chi connectivity index (χ4n) is 3.19. The first-order valence-electron chi connectivity index (χ1n) is 9.09. The van der Waals surface area contributed by atoms with Crippen LogP contribution in [0.5, 0.6) is 0 Å². The summed E-state index contributed by atoms with van der Waals surface area (Å²) < 4.78 is 32.8. The monoisotopic (exact) mass is 400 g/mol. The van der Waals surface area contributed by atoms with Gasteiger partial charge in [0.1, 0.15) is 0 Å². The second-order valence-electron chi connectivity index (χ2n) is 6.95. The summed E-state index contributed by atoms with van der Waals surface area (Å²) in [5.41, 5.74) is 3.97. The molecule has 0 saturated heterocycles. The summed E-state index contributed by atoms with van der Waals surface area (Å²) in [5, 5.41) is 1.01. The topological polar surface area (TPSA) is 77.4 Å². The molecule has 0 fully saturated rings. The Morgan fingerprint density at radius 2 is 1.82 bits per heavy atom. The largest absolute Gasteiger partial charge is 0.462 e. The van der Waals surface area contributed by atoms with Crippen LogP contribution < -0.4 is 4.72 Å². The molecule has 148 valence electrons. The average Bonchev–Trinajstić information content (AvgIpc) is 3.00. The Kier molecular flexibility index (Phi) is 5.47. The Balaban J connectivity index is 2.07. The van der Waals surface area contributed by atoms with Gasteiger partial charge < -0.3 is 9.30 Å². The van der Waals surface area contributed by atoms with E-state index in [1.807, 2.05) is 24.3 Å². The number of anilines is 1. The minimum absolute atomic E-state index is 0.198. The molecule has 0 bridgehead atoms. The predicted molar refractivity (Wildman–Crippen MR) is 112 cm³/mol. The van der Waals surface area contributed by atoms with Crippen LogP contribution in [0.15, 0.2) is 48.7 Å². The number of ether oxygens (including phenoxy) is 1. The standard InChI is InChI=1S/C21H24N2O4S/c1-5-27-21(24)16-8-6-15(7-9-16)19-13-23(14(2)3)20-12-17(10-11-18(19)20)22-28(4,25)26/h6-14,22H,5H2,1-4H3. The number of hydrogen-bond donors (Lipinski definition) is 1. The van der Waals surface area contributed by atoms with Crippen LogP contribution in [0.1, 0.15) is 37.2 Å². The third kappa shape index (κ3) is 4.20. The molecule has 7 heteroatoms. The Bertz CT molecular complexity index is 1110. The molecule has 3 aromatic rings. The van der Waals surface area contributed by atoms with Gasteiger partial charge in [-0.25, -0.2) is 13.2 Å². The number of rotatable bonds is 6. The number of sulfonamides is 1. The van der Waals surface area contributed by atoms with Crippen molar-refractivity contribution < 1.29 is 17.9 Å². The molecule has 0 spiro atoms. The van der Waals surface area contributed by atoms with E-state index in [1.165, 1.54) is 0 Å². The molecule has 0 aliphatic rings. The van der Waals surface area contributed by atoms with Gasteiger partial charge in [-0.2, -0.15) is 0 Å². The first-order valence-corrected chi connectivity index (χ1v) is 11.0. The fraction of sp³-hybridized carbons (Fsp3) is 0.286. The molecular weight excluding hydrogens is 376 g/mol. The zero-order valence-corrected chi connectivity index (χ0v) is 17.2. The van der Waals surface area contributed by atoms with Gasteiger partial charge in [0.25, 0.3) is 0 Å². The average molecular weight is 401 g/mol. The van der Waals surface area contributed by atoms with Gasteiger partial charge in [0.15, 0.2) is 0 Å². The number of aromatic nitrogens is 1. The number of carbonyl (C=O) groups is 1. The Morgan fingerprint density at radius 1 is 1.14 bits per heavy atom. The van der Waals surface area contributed by atoms with E-state index < -0.39 is 10.0 Å². The van der Waals surface area contributed by atoms with Crippen molar-refractivity contribution in [1.82, 2.24) is 4.57 Å². The predicted octanol–water partition coefficient (Wildman–Crippen LogP) is 4.44. The van der Waals surface area contributed by atoms with Gasteiger partial charge in [-0.3, -0.25) is 4.72 Å². The number of hydrogen-bond acceptors (Lipinski definition) is 4. The lowest BCUT2D eigenvalue weighted by molar-refractivity contribution is 0.0526.